The third-order valence-electron chi connectivity index (χ3n) is 9.24. The molecule has 244 valence electrons. The second kappa shape index (κ2) is 14.5. The van der Waals surface area contributed by atoms with Crippen molar-refractivity contribution in [2.45, 2.75) is 51.1 Å². The maximum absolute atomic E-state index is 13.9. The van der Waals surface area contributed by atoms with E-state index >= 15 is 0 Å². The zero-order chi connectivity index (χ0) is 32.1. The Morgan fingerprint density at radius 3 is 2.58 bits per heavy atom. The van der Waals surface area contributed by atoms with E-state index in [2.05, 4.69) is 11.8 Å². The van der Waals surface area contributed by atoms with Crippen molar-refractivity contribution in [3.63, 3.8) is 0 Å². The molecule has 2 aromatic carbocycles. The molecule has 11 heteroatoms. The highest BCUT2D eigenvalue weighted by Gasteiger charge is 2.48. The predicted octanol–water partition coefficient (Wildman–Crippen LogP) is 3.52. The molecule has 1 N–H and O–H groups in total. The summed E-state index contributed by atoms with van der Waals surface area (Å²) in [6, 6.07) is 10.8. The van der Waals surface area contributed by atoms with Gasteiger partial charge < -0.3 is 34.0 Å². The molecule has 0 spiro atoms. The lowest BCUT2D eigenvalue weighted by Crippen LogP contribution is -2.46. The standard InChI is InChI=1S/C34H46N4O7/c1-5-6-14-36(15-9-13-35(2)3)30(39)21-38-20-26(24-17-28(43-4)32-29(18-24)44-22-45-32)31(34(41)42)27(38)12-16-37-19-23-10-7-8-11-25(23)33(37)40/h7-8,10-11,17-18,26-27,31H,5-6,9,12-16,19-22H2,1-4H3,(H,41,42). The highest BCUT2D eigenvalue weighted by atomic mass is 16.7. The van der Waals surface area contributed by atoms with Crippen molar-refractivity contribution in [2.24, 2.45) is 5.92 Å². The van der Waals surface area contributed by atoms with Crippen LogP contribution < -0.4 is 14.2 Å². The van der Waals surface area contributed by atoms with Gasteiger partial charge in [-0.15, -0.1) is 0 Å². The van der Waals surface area contributed by atoms with E-state index in [1.807, 2.05) is 60.3 Å². The van der Waals surface area contributed by atoms with Crippen LogP contribution in [0.4, 0.5) is 0 Å². The van der Waals surface area contributed by atoms with Gasteiger partial charge in [-0.1, -0.05) is 31.5 Å². The van der Waals surface area contributed by atoms with E-state index in [0.29, 0.717) is 62.0 Å². The summed E-state index contributed by atoms with van der Waals surface area (Å²) >= 11 is 0. The summed E-state index contributed by atoms with van der Waals surface area (Å²) in [4.78, 5) is 47.9. The number of aliphatic carboxylic acids is 1. The Kier molecular flexibility index (Phi) is 10.5. The Hall–Kier alpha value is -3.83. The molecular formula is C34H46N4O7. The van der Waals surface area contributed by atoms with E-state index in [1.54, 1.807) is 12.0 Å². The van der Waals surface area contributed by atoms with Gasteiger partial charge in [0.05, 0.1) is 19.6 Å². The highest BCUT2D eigenvalue weighted by molar-refractivity contribution is 5.98. The number of hydrogen-bond acceptors (Lipinski definition) is 8. The Morgan fingerprint density at radius 2 is 1.87 bits per heavy atom. The van der Waals surface area contributed by atoms with Crippen molar-refractivity contribution >= 4 is 17.8 Å². The number of carboxylic acids is 1. The monoisotopic (exact) mass is 622 g/mol. The molecule has 3 aliphatic heterocycles. The van der Waals surface area contributed by atoms with Crippen LogP contribution in [0.3, 0.4) is 0 Å². The van der Waals surface area contributed by atoms with Crippen LogP contribution >= 0.6 is 0 Å². The average Bonchev–Trinajstić information content (AvgIpc) is 3.72. The fourth-order valence-electron chi connectivity index (χ4n) is 6.90. The third kappa shape index (κ3) is 7.20. The Balaban J connectivity index is 1.41. The number of amides is 2. The number of methoxy groups -OCH3 is 1. The molecule has 1 fully saturated rings. The summed E-state index contributed by atoms with van der Waals surface area (Å²) in [6.07, 6.45) is 3.18. The molecule has 3 atom stereocenters. The van der Waals surface area contributed by atoms with Gasteiger partial charge in [0.1, 0.15) is 0 Å². The van der Waals surface area contributed by atoms with Crippen LogP contribution in [0.25, 0.3) is 0 Å². The number of carbonyl (C=O) groups excluding carboxylic acids is 2. The van der Waals surface area contributed by atoms with Crippen molar-refractivity contribution in [1.82, 2.24) is 19.6 Å². The van der Waals surface area contributed by atoms with Gasteiger partial charge >= 0.3 is 5.97 Å². The minimum atomic E-state index is -0.929. The van der Waals surface area contributed by atoms with Gasteiger partial charge in [-0.05, 0) is 69.2 Å². The van der Waals surface area contributed by atoms with Crippen molar-refractivity contribution in [1.29, 1.82) is 0 Å². The number of carbonyl (C=O) groups is 3. The lowest BCUT2D eigenvalue weighted by Gasteiger charge is -2.31. The first-order chi connectivity index (χ1) is 21.7. The van der Waals surface area contributed by atoms with Gasteiger partial charge in [0, 0.05) is 50.2 Å². The number of ether oxygens (including phenoxy) is 3. The van der Waals surface area contributed by atoms with Crippen LogP contribution in [-0.4, -0.2) is 116 Å². The minimum Gasteiger partial charge on any atom is -0.493 e. The van der Waals surface area contributed by atoms with Gasteiger partial charge in [0.25, 0.3) is 5.91 Å². The number of hydrogen-bond donors (Lipinski definition) is 1. The highest BCUT2D eigenvalue weighted by Crippen LogP contribution is 2.47. The number of unbranched alkanes of at least 4 members (excludes halogenated alkanes) is 1. The average molecular weight is 623 g/mol. The first kappa shape index (κ1) is 32.6. The number of benzene rings is 2. The molecule has 3 aliphatic rings. The molecule has 5 rings (SSSR count). The first-order valence-corrected chi connectivity index (χ1v) is 16.0. The fraction of sp³-hybridized carbons (Fsp3) is 0.559. The summed E-state index contributed by atoms with van der Waals surface area (Å²) in [5.41, 5.74) is 2.44. The number of fused-ring (bicyclic) bond motifs is 2. The molecular weight excluding hydrogens is 576 g/mol. The smallest absolute Gasteiger partial charge is 0.308 e. The van der Waals surface area contributed by atoms with Gasteiger partial charge in [-0.25, -0.2) is 0 Å². The van der Waals surface area contributed by atoms with Crippen molar-refractivity contribution in [3.05, 3.63) is 53.1 Å². The molecule has 2 aromatic rings. The van der Waals surface area contributed by atoms with Gasteiger partial charge in [0.2, 0.25) is 18.4 Å². The molecule has 0 aliphatic carbocycles. The van der Waals surface area contributed by atoms with E-state index in [0.717, 1.165) is 36.9 Å². The molecule has 3 heterocycles. The molecule has 0 radical (unpaired) electrons. The van der Waals surface area contributed by atoms with Crippen LogP contribution in [-0.2, 0) is 16.1 Å². The van der Waals surface area contributed by atoms with Crippen LogP contribution in [0.1, 0.15) is 60.0 Å². The number of rotatable bonds is 15. The molecule has 3 unspecified atom stereocenters. The fourth-order valence-corrected chi connectivity index (χ4v) is 6.90. The molecule has 11 nitrogen and oxygen atoms in total. The summed E-state index contributed by atoms with van der Waals surface area (Å²) in [5, 5.41) is 10.7. The SMILES string of the molecule is CCCCN(CCCN(C)C)C(=O)CN1CC(c2cc(OC)c3c(c2)OCO3)C(C(=O)O)C1CCN1Cc2ccccc2C1=O. The minimum absolute atomic E-state index is 0.00455. The van der Waals surface area contributed by atoms with Crippen LogP contribution in [0, 0.1) is 5.92 Å². The molecule has 0 saturated carbocycles. The topological polar surface area (TPSA) is 112 Å². The summed E-state index contributed by atoms with van der Waals surface area (Å²) < 4.78 is 16.8. The van der Waals surface area contributed by atoms with Crippen molar-refractivity contribution < 1.29 is 33.7 Å². The maximum atomic E-state index is 13.9. The Morgan fingerprint density at radius 1 is 1.09 bits per heavy atom. The largest absolute Gasteiger partial charge is 0.493 e. The first-order valence-electron chi connectivity index (χ1n) is 16.0. The molecule has 45 heavy (non-hydrogen) atoms. The van der Waals surface area contributed by atoms with E-state index in [1.165, 1.54) is 0 Å². The van der Waals surface area contributed by atoms with Gasteiger partial charge in [-0.3, -0.25) is 19.3 Å². The maximum Gasteiger partial charge on any atom is 0.308 e. The lowest BCUT2D eigenvalue weighted by atomic mass is 9.84. The van der Waals surface area contributed by atoms with Crippen LogP contribution in [0.5, 0.6) is 17.2 Å². The number of carboxylic acid groups (broad SMARTS) is 1. The van der Waals surface area contributed by atoms with Crippen LogP contribution in [0.15, 0.2) is 36.4 Å². The van der Waals surface area contributed by atoms with Gasteiger partial charge in [0.15, 0.2) is 11.5 Å². The zero-order valence-electron chi connectivity index (χ0n) is 26.9. The van der Waals surface area contributed by atoms with Crippen LogP contribution in [0.2, 0.25) is 0 Å². The normalized spacial score (nSPS) is 20.6. The zero-order valence-corrected chi connectivity index (χ0v) is 26.9. The van der Waals surface area contributed by atoms with E-state index < -0.39 is 23.8 Å². The van der Waals surface area contributed by atoms with E-state index in [-0.39, 0.29) is 25.2 Å². The van der Waals surface area contributed by atoms with Gasteiger partial charge in [-0.2, -0.15) is 0 Å². The van der Waals surface area contributed by atoms with E-state index in [4.69, 9.17) is 14.2 Å². The van der Waals surface area contributed by atoms with E-state index in [9.17, 15) is 19.5 Å². The second-order valence-corrected chi connectivity index (χ2v) is 12.5. The van der Waals surface area contributed by atoms with Crippen molar-refractivity contribution in [3.8, 4) is 17.2 Å². The quantitative estimate of drug-likeness (QED) is 0.319. The third-order valence-corrected chi connectivity index (χ3v) is 9.24. The molecule has 1 saturated heterocycles. The summed E-state index contributed by atoms with van der Waals surface area (Å²) in [5.74, 6) is -0.679. The molecule has 2 amide bonds. The Bertz CT molecular complexity index is 1380. The second-order valence-electron chi connectivity index (χ2n) is 12.5. The molecule has 0 bridgehead atoms. The number of nitrogens with zero attached hydrogens (tertiary/aromatic N) is 4. The predicted molar refractivity (Wildman–Crippen MR) is 169 cm³/mol. The molecule has 0 aromatic heterocycles. The lowest BCUT2D eigenvalue weighted by molar-refractivity contribution is -0.144. The summed E-state index contributed by atoms with van der Waals surface area (Å²) in [6.45, 7) is 5.77. The Labute approximate surface area is 265 Å². The summed E-state index contributed by atoms with van der Waals surface area (Å²) in [7, 11) is 5.59. The van der Waals surface area contributed by atoms with Crippen molar-refractivity contribution in [2.75, 3.05) is 67.3 Å². The number of likely N-dealkylation sites (tertiary alicyclic amines) is 1.